The summed E-state index contributed by atoms with van der Waals surface area (Å²) in [7, 11) is -3.49. The molecular formula is C20H27N5O5S. The third kappa shape index (κ3) is 6.61. The topological polar surface area (TPSA) is 123 Å². The monoisotopic (exact) mass is 449 g/mol. The lowest BCUT2D eigenvalue weighted by Gasteiger charge is -2.34. The van der Waals surface area contributed by atoms with Crippen molar-refractivity contribution in [2.45, 2.75) is 32.6 Å². The number of rotatable bonds is 7. The van der Waals surface area contributed by atoms with Crippen molar-refractivity contribution >= 4 is 21.7 Å². The van der Waals surface area contributed by atoms with Crippen LogP contribution in [0.5, 0.6) is 0 Å². The van der Waals surface area contributed by atoms with Gasteiger partial charge in [-0.15, -0.1) is 0 Å². The quantitative estimate of drug-likeness (QED) is 0.646. The summed E-state index contributed by atoms with van der Waals surface area (Å²) in [5.74, 6) is -0.191. The number of nitrogens with zero attached hydrogens (tertiary/aromatic N) is 3. The molecular weight excluding hydrogens is 422 g/mol. The highest BCUT2D eigenvalue weighted by atomic mass is 32.2. The van der Waals surface area contributed by atoms with Crippen LogP contribution in [0, 0.1) is 0 Å². The number of anilines is 1. The minimum absolute atomic E-state index is 0.0148. The summed E-state index contributed by atoms with van der Waals surface area (Å²) in [6.45, 7) is 4.60. The number of benzene rings is 1. The number of hydrogen-bond donors (Lipinski definition) is 2. The summed E-state index contributed by atoms with van der Waals surface area (Å²) in [5.41, 5.74) is 0.987. The first-order chi connectivity index (χ1) is 14.7. The summed E-state index contributed by atoms with van der Waals surface area (Å²) in [5, 5.41) is 5.26. The van der Waals surface area contributed by atoms with Gasteiger partial charge in [0, 0.05) is 37.7 Å². The number of amides is 2. The summed E-state index contributed by atoms with van der Waals surface area (Å²) in [6, 6.07) is 8.21. The van der Waals surface area contributed by atoms with E-state index in [1.807, 2.05) is 19.9 Å². The molecule has 3 rings (SSSR count). The smallest absolute Gasteiger partial charge is 0.347 e. The fraction of sp³-hybridized carbons (Fsp3) is 0.450. The van der Waals surface area contributed by atoms with Gasteiger partial charge < -0.3 is 15.4 Å². The van der Waals surface area contributed by atoms with Crippen LogP contribution in [0.15, 0.2) is 47.5 Å². The molecule has 0 saturated carbocycles. The van der Waals surface area contributed by atoms with Crippen molar-refractivity contribution in [1.29, 1.82) is 0 Å². The number of carbonyl (C=O) groups is 1. The molecule has 2 amide bonds. The van der Waals surface area contributed by atoms with Gasteiger partial charge in [0.2, 0.25) is 10.0 Å². The number of sulfonamides is 1. The first kappa shape index (κ1) is 22.9. The Morgan fingerprint density at radius 3 is 2.68 bits per heavy atom. The van der Waals surface area contributed by atoms with E-state index in [1.165, 1.54) is 15.1 Å². The van der Waals surface area contributed by atoms with Crippen LogP contribution >= 0.6 is 0 Å². The van der Waals surface area contributed by atoms with E-state index in [-0.39, 0.29) is 30.2 Å². The lowest BCUT2D eigenvalue weighted by atomic mass is 10.2. The van der Waals surface area contributed by atoms with Crippen molar-refractivity contribution < 1.29 is 17.9 Å². The van der Waals surface area contributed by atoms with Crippen LogP contribution in [0.1, 0.15) is 19.4 Å². The van der Waals surface area contributed by atoms with Gasteiger partial charge in [-0.3, -0.25) is 4.57 Å². The number of ether oxygens (including phenoxy) is 1. The number of hydrogen-bond acceptors (Lipinski definition) is 6. The first-order valence-corrected chi connectivity index (χ1v) is 11.6. The van der Waals surface area contributed by atoms with E-state index < -0.39 is 16.1 Å². The van der Waals surface area contributed by atoms with Gasteiger partial charge >= 0.3 is 11.7 Å². The molecule has 0 aliphatic carbocycles. The van der Waals surface area contributed by atoms with Crippen LogP contribution in [-0.4, -0.2) is 65.9 Å². The predicted molar refractivity (Wildman–Crippen MR) is 116 cm³/mol. The van der Waals surface area contributed by atoms with Crippen molar-refractivity contribution in [2.24, 2.45) is 0 Å². The molecule has 10 nitrogen and oxygen atoms in total. The van der Waals surface area contributed by atoms with Gasteiger partial charge in [-0.2, -0.15) is 4.31 Å². The van der Waals surface area contributed by atoms with Crippen LogP contribution in [0.4, 0.5) is 10.5 Å². The van der Waals surface area contributed by atoms with Crippen molar-refractivity contribution in [3.63, 3.8) is 0 Å². The number of aromatic nitrogens is 2. The molecule has 2 N–H and O–H groups in total. The number of morpholine rings is 1. The maximum absolute atomic E-state index is 12.5. The van der Waals surface area contributed by atoms with Crippen LogP contribution in [0.2, 0.25) is 0 Å². The van der Waals surface area contributed by atoms with Crippen LogP contribution in [-0.2, 0) is 21.3 Å². The van der Waals surface area contributed by atoms with E-state index in [2.05, 4.69) is 15.6 Å². The van der Waals surface area contributed by atoms with E-state index >= 15 is 0 Å². The number of nitrogens with one attached hydrogen (secondary N) is 2. The van der Waals surface area contributed by atoms with E-state index in [9.17, 15) is 18.0 Å². The maximum atomic E-state index is 12.5. The van der Waals surface area contributed by atoms with Gasteiger partial charge in [0.1, 0.15) is 0 Å². The first-order valence-electron chi connectivity index (χ1n) is 10.0. The second-order valence-corrected chi connectivity index (χ2v) is 9.59. The number of urea groups is 1. The summed E-state index contributed by atoms with van der Waals surface area (Å²) in [4.78, 5) is 27.6. The van der Waals surface area contributed by atoms with Gasteiger partial charge in [0.25, 0.3) is 0 Å². The van der Waals surface area contributed by atoms with Crippen molar-refractivity contribution in [3.05, 3.63) is 58.8 Å². The molecule has 11 heteroatoms. The normalized spacial score (nSPS) is 19.7. The van der Waals surface area contributed by atoms with Crippen LogP contribution in [0.3, 0.4) is 0 Å². The Kier molecular flexibility index (Phi) is 7.42. The Hall–Kier alpha value is -2.76. The molecule has 0 spiro atoms. The average Bonchev–Trinajstić information content (AvgIpc) is 2.69. The molecule has 1 aliphatic rings. The van der Waals surface area contributed by atoms with E-state index in [0.717, 1.165) is 5.56 Å². The van der Waals surface area contributed by atoms with Crippen molar-refractivity contribution in [1.82, 2.24) is 19.2 Å². The standard InChI is InChI=1S/C20H27N5O5S/c1-15-12-25(13-16(2)30-15)31(28,29)10-8-21-19(26)23-18-6-3-5-17(11-18)14-24-9-4-7-22-20(24)27/h3-7,9,11,15-16H,8,10,12-14H2,1-2H3,(H2,21,23,26)/t15-,16-/m1/s1. The second kappa shape index (κ2) is 10.0. The van der Waals surface area contributed by atoms with Gasteiger partial charge in [-0.05, 0) is 37.6 Å². The lowest BCUT2D eigenvalue weighted by molar-refractivity contribution is -0.0440. The van der Waals surface area contributed by atoms with Gasteiger partial charge in [-0.25, -0.2) is 23.0 Å². The zero-order chi connectivity index (χ0) is 22.4. The second-order valence-electron chi connectivity index (χ2n) is 7.50. The van der Waals surface area contributed by atoms with Gasteiger partial charge in [0.05, 0.1) is 24.5 Å². The molecule has 2 heterocycles. The molecule has 31 heavy (non-hydrogen) atoms. The predicted octanol–water partition coefficient (Wildman–Crippen LogP) is 0.852. The highest BCUT2D eigenvalue weighted by Crippen LogP contribution is 2.15. The Labute approximate surface area is 181 Å². The minimum Gasteiger partial charge on any atom is -0.373 e. The molecule has 0 unspecified atom stereocenters. The fourth-order valence-corrected chi connectivity index (χ4v) is 4.90. The summed E-state index contributed by atoms with van der Waals surface area (Å²) < 4.78 is 33.5. The molecule has 0 bridgehead atoms. The summed E-state index contributed by atoms with van der Waals surface area (Å²) in [6.07, 6.45) is 2.74. The van der Waals surface area contributed by atoms with Crippen LogP contribution < -0.4 is 16.3 Å². The molecule has 2 atom stereocenters. The average molecular weight is 450 g/mol. The molecule has 1 aliphatic heterocycles. The van der Waals surface area contributed by atoms with Crippen molar-refractivity contribution in [2.75, 3.05) is 30.7 Å². The molecule has 1 aromatic carbocycles. The SMILES string of the molecule is C[C@@H]1CN(S(=O)(=O)CCNC(=O)Nc2cccc(Cn3cccnc3=O)c2)C[C@@H](C)O1. The maximum Gasteiger partial charge on any atom is 0.347 e. The molecule has 1 aromatic heterocycles. The Bertz CT molecular complexity index is 1060. The van der Waals surface area contributed by atoms with E-state index in [1.54, 1.807) is 30.5 Å². The lowest BCUT2D eigenvalue weighted by Crippen LogP contribution is -2.49. The summed E-state index contributed by atoms with van der Waals surface area (Å²) >= 11 is 0. The van der Waals surface area contributed by atoms with Crippen molar-refractivity contribution in [3.8, 4) is 0 Å². The Balaban J connectivity index is 1.51. The highest BCUT2D eigenvalue weighted by molar-refractivity contribution is 7.89. The fourth-order valence-electron chi connectivity index (χ4n) is 3.41. The van der Waals surface area contributed by atoms with Gasteiger partial charge in [0.15, 0.2) is 0 Å². The number of carbonyl (C=O) groups excluding carboxylic acids is 1. The zero-order valence-corrected chi connectivity index (χ0v) is 18.3. The van der Waals surface area contributed by atoms with Crippen LogP contribution in [0.25, 0.3) is 0 Å². The van der Waals surface area contributed by atoms with Gasteiger partial charge in [-0.1, -0.05) is 12.1 Å². The third-order valence-corrected chi connectivity index (χ3v) is 6.55. The zero-order valence-electron chi connectivity index (χ0n) is 17.5. The molecule has 1 saturated heterocycles. The largest absolute Gasteiger partial charge is 0.373 e. The molecule has 168 valence electrons. The Morgan fingerprint density at radius 2 is 1.97 bits per heavy atom. The molecule has 1 fully saturated rings. The molecule has 2 aromatic rings. The highest BCUT2D eigenvalue weighted by Gasteiger charge is 2.30. The molecule has 0 radical (unpaired) electrons. The minimum atomic E-state index is -3.49. The van der Waals surface area contributed by atoms with E-state index in [0.29, 0.717) is 25.3 Å². The van der Waals surface area contributed by atoms with E-state index in [4.69, 9.17) is 4.74 Å². The Morgan fingerprint density at radius 1 is 1.23 bits per heavy atom. The third-order valence-electron chi connectivity index (χ3n) is 4.75.